The molecule has 1 heterocycles. The third-order valence-corrected chi connectivity index (χ3v) is 2.32. The summed E-state index contributed by atoms with van der Waals surface area (Å²) in [7, 11) is 0. The van der Waals surface area contributed by atoms with Crippen LogP contribution in [0.2, 0.25) is 0 Å². The van der Waals surface area contributed by atoms with Crippen molar-refractivity contribution in [1.29, 1.82) is 5.26 Å². The van der Waals surface area contributed by atoms with Crippen molar-refractivity contribution >= 4 is 15.9 Å². The van der Waals surface area contributed by atoms with E-state index in [9.17, 15) is 0 Å². The van der Waals surface area contributed by atoms with Gasteiger partial charge in [0.1, 0.15) is 4.95 Å². The molecule has 0 radical (unpaired) electrons. The molecular weight excluding hydrogens is 216 g/mol. The first kappa shape index (κ1) is 9.34. The van der Waals surface area contributed by atoms with Crippen molar-refractivity contribution in [2.45, 2.75) is 18.8 Å². The Labute approximate surface area is 81.1 Å². The second-order valence-corrected chi connectivity index (χ2v) is 4.23. The van der Waals surface area contributed by atoms with Crippen LogP contribution in [0.4, 0.5) is 0 Å². The molecule has 0 saturated heterocycles. The largest absolute Gasteiger partial charge is 0.372 e. The third-order valence-electron chi connectivity index (χ3n) is 1.79. The summed E-state index contributed by atoms with van der Waals surface area (Å²) in [4.78, 5) is 0.144. The van der Waals surface area contributed by atoms with Crippen molar-refractivity contribution in [3.05, 3.63) is 23.9 Å². The van der Waals surface area contributed by atoms with Crippen LogP contribution in [0.1, 0.15) is 13.8 Å². The van der Waals surface area contributed by atoms with Crippen molar-refractivity contribution in [2.24, 2.45) is 5.41 Å². The summed E-state index contributed by atoms with van der Waals surface area (Å²) >= 11 is 3.40. The highest BCUT2D eigenvalue weighted by molar-refractivity contribution is 9.09. The molecule has 1 aliphatic rings. The fourth-order valence-electron chi connectivity index (χ4n) is 0.943. The summed E-state index contributed by atoms with van der Waals surface area (Å²) in [6.45, 7) is 3.79. The van der Waals surface area contributed by atoms with Crippen molar-refractivity contribution in [2.75, 3.05) is 0 Å². The molecule has 1 atom stereocenters. The summed E-state index contributed by atoms with van der Waals surface area (Å²) in [5.74, 6) is 0. The quantitative estimate of drug-likeness (QED) is 0.551. The van der Waals surface area contributed by atoms with E-state index in [0.717, 1.165) is 5.70 Å². The Hall–Kier alpha value is -0.750. The van der Waals surface area contributed by atoms with Crippen LogP contribution in [0.15, 0.2) is 23.9 Å². The molecule has 0 aromatic heterocycles. The van der Waals surface area contributed by atoms with Crippen LogP contribution in [-0.2, 0) is 0 Å². The smallest absolute Gasteiger partial charge is 0.101 e. The topological polar surface area (TPSA) is 35.8 Å². The van der Waals surface area contributed by atoms with E-state index in [-0.39, 0.29) is 4.95 Å². The van der Waals surface area contributed by atoms with Crippen LogP contribution in [-0.4, -0.2) is 4.95 Å². The van der Waals surface area contributed by atoms with Gasteiger partial charge in [-0.15, -0.1) is 0 Å². The van der Waals surface area contributed by atoms with E-state index in [0.29, 0.717) is 0 Å². The predicted octanol–water partition coefficient (Wildman–Crippen LogP) is 2.30. The maximum Gasteiger partial charge on any atom is 0.101 e. The molecule has 0 aromatic carbocycles. The molecule has 0 spiro atoms. The van der Waals surface area contributed by atoms with E-state index in [1.165, 1.54) is 0 Å². The molecule has 12 heavy (non-hydrogen) atoms. The number of rotatable bonds is 1. The summed E-state index contributed by atoms with van der Waals surface area (Å²) in [5.41, 5.74) is 0.519. The predicted molar refractivity (Wildman–Crippen MR) is 52.5 cm³/mol. The van der Waals surface area contributed by atoms with E-state index in [1.54, 1.807) is 0 Å². The van der Waals surface area contributed by atoms with Crippen LogP contribution < -0.4 is 5.32 Å². The zero-order chi connectivity index (χ0) is 9.19. The minimum Gasteiger partial charge on any atom is -0.372 e. The monoisotopic (exact) mass is 226 g/mol. The maximum absolute atomic E-state index is 8.86. The summed E-state index contributed by atoms with van der Waals surface area (Å²) in [5, 5.41) is 12.0. The van der Waals surface area contributed by atoms with Crippen LogP contribution >= 0.6 is 15.9 Å². The first-order chi connectivity index (χ1) is 5.56. The van der Waals surface area contributed by atoms with Gasteiger partial charge in [0.05, 0.1) is 11.5 Å². The van der Waals surface area contributed by atoms with Crippen LogP contribution in [0.5, 0.6) is 0 Å². The molecule has 0 bridgehead atoms. The lowest BCUT2D eigenvalue weighted by Gasteiger charge is -2.25. The fourth-order valence-corrected chi connectivity index (χ4v) is 1.37. The van der Waals surface area contributed by atoms with Gasteiger partial charge in [-0.05, 0) is 19.9 Å². The molecule has 1 aliphatic heterocycles. The number of dihydropyridines is 1. The van der Waals surface area contributed by atoms with Crippen molar-refractivity contribution in [3.63, 3.8) is 0 Å². The molecule has 0 amide bonds. The van der Waals surface area contributed by atoms with Crippen molar-refractivity contribution in [3.8, 4) is 6.07 Å². The van der Waals surface area contributed by atoms with Gasteiger partial charge < -0.3 is 5.32 Å². The van der Waals surface area contributed by atoms with E-state index in [1.807, 2.05) is 32.1 Å². The molecular formula is C9H11BrN2. The normalized spacial score (nSPS) is 22.5. The maximum atomic E-state index is 8.86. The second kappa shape index (κ2) is 3.32. The molecule has 0 aromatic rings. The first-order valence-corrected chi connectivity index (χ1v) is 4.68. The zero-order valence-electron chi connectivity index (χ0n) is 7.13. The Balaban J connectivity index is 2.85. The van der Waals surface area contributed by atoms with Crippen LogP contribution in [0.25, 0.3) is 0 Å². The van der Waals surface area contributed by atoms with E-state index in [2.05, 4.69) is 27.3 Å². The molecule has 0 aliphatic carbocycles. The highest BCUT2D eigenvalue weighted by atomic mass is 79.9. The van der Waals surface area contributed by atoms with Gasteiger partial charge in [0.2, 0.25) is 0 Å². The summed E-state index contributed by atoms with van der Waals surface area (Å²) in [6.07, 6.45) is 5.86. The lowest BCUT2D eigenvalue weighted by molar-refractivity contribution is 0.538. The summed E-state index contributed by atoms with van der Waals surface area (Å²) < 4.78 is 0. The van der Waals surface area contributed by atoms with Gasteiger partial charge >= 0.3 is 0 Å². The van der Waals surface area contributed by atoms with Gasteiger partial charge in [0.25, 0.3) is 0 Å². The molecule has 0 fully saturated rings. The molecule has 64 valence electrons. The van der Waals surface area contributed by atoms with Crippen molar-refractivity contribution in [1.82, 2.24) is 5.32 Å². The number of nitriles is 1. The molecule has 2 nitrogen and oxygen atoms in total. The number of hydrogen-bond acceptors (Lipinski definition) is 2. The minimum absolute atomic E-state index is 0.144. The minimum atomic E-state index is -0.434. The lowest BCUT2D eigenvalue weighted by atomic mass is 9.90. The van der Waals surface area contributed by atoms with Gasteiger partial charge in [0.15, 0.2) is 0 Å². The number of allylic oxidation sites excluding steroid dienone is 3. The van der Waals surface area contributed by atoms with Gasteiger partial charge in [-0.1, -0.05) is 28.1 Å². The first-order valence-electron chi connectivity index (χ1n) is 3.77. The Morgan fingerprint density at radius 1 is 1.67 bits per heavy atom. The van der Waals surface area contributed by atoms with Gasteiger partial charge in [-0.25, -0.2) is 0 Å². The summed E-state index contributed by atoms with van der Waals surface area (Å²) in [6, 6.07) is 2.25. The van der Waals surface area contributed by atoms with Crippen molar-refractivity contribution < 1.29 is 0 Å². The van der Waals surface area contributed by atoms with Gasteiger partial charge in [-0.2, -0.15) is 5.26 Å². The van der Waals surface area contributed by atoms with Gasteiger partial charge in [-0.3, -0.25) is 0 Å². The Bertz CT molecular complexity index is 271. The van der Waals surface area contributed by atoms with E-state index in [4.69, 9.17) is 5.26 Å². The van der Waals surface area contributed by atoms with Crippen LogP contribution in [0, 0.1) is 16.7 Å². The number of alkyl halides is 1. The average molecular weight is 227 g/mol. The molecule has 1 unspecified atom stereocenters. The molecule has 1 N–H and O–H groups in total. The third kappa shape index (κ3) is 1.89. The number of nitrogens with one attached hydrogen (secondary N) is 1. The highest BCUT2D eigenvalue weighted by Gasteiger charge is 2.24. The van der Waals surface area contributed by atoms with Gasteiger partial charge in [0, 0.05) is 5.70 Å². The highest BCUT2D eigenvalue weighted by Crippen LogP contribution is 2.25. The lowest BCUT2D eigenvalue weighted by Crippen LogP contribution is -2.31. The molecule has 1 rings (SSSR count). The standard InChI is InChI=1S/C9H11BrN2/c1-9(2,6-11)7-4-3-5-8(10)12-7/h3-5,8,12H,1-2H3. The Morgan fingerprint density at radius 3 is 2.83 bits per heavy atom. The SMILES string of the molecule is CC(C)(C#N)C1=CC=CC(Br)N1. The van der Waals surface area contributed by atoms with Crippen LogP contribution in [0.3, 0.4) is 0 Å². The zero-order valence-corrected chi connectivity index (χ0v) is 8.72. The molecule has 0 saturated carbocycles. The van der Waals surface area contributed by atoms with E-state index < -0.39 is 5.41 Å². The fraction of sp³-hybridized carbons (Fsp3) is 0.444. The second-order valence-electron chi connectivity index (χ2n) is 3.25. The Kier molecular flexibility index (Phi) is 2.58. The Morgan fingerprint density at radius 2 is 2.33 bits per heavy atom. The average Bonchev–Trinajstić information content (AvgIpc) is 2.05. The number of halogens is 1. The number of nitrogens with zero attached hydrogens (tertiary/aromatic N) is 1. The number of hydrogen-bond donors (Lipinski definition) is 1. The van der Waals surface area contributed by atoms with E-state index >= 15 is 0 Å². The molecule has 3 heteroatoms.